The number of halogens is 1. The zero-order valence-corrected chi connectivity index (χ0v) is 12.6. The van der Waals surface area contributed by atoms with E-state index in [0.717, 1.165) is 35.8 Å². The lowest BCUT2D eigenvalue weighted by Crippen LogP contribution is -2.22. The maximum atomic E-state index is 12.1. The maximum absolute atomic E-state index is 12.1. The van der Waals surface area contributed by atoms with Crippen LogP contribution in [-0.2, 0) is 4.79 Å². The normalized spacial score (nSPS) is 10.7. The average molecular weight is 313 g/mol. The minimum absolute atomic E-state index is 0.107. The summed E-state index contributed by atoms with van der Waals surface area (Å²) in [7, 11) is 0. The third kappa shape index (κ3) is 4.33. The molecule has 0 radical (unpaired) electrons. The number of nitrogens with one attached hydrogen (secondary N) is 1. The Morgan fingerprint density at radius 3 is 2.44 bits per heavy atom. The summed E-state index contributed by atoms with van der Waals surface area (Å²) >= 11 is 3.36. The summed E-state index contributed by atoms with van der Waals surface area (Å²) in [5.41, 5.74) is 7.18. The van der Waals surface area contributed by atoms with Crippen LogP contribution in [0, 0.1) is 5.92 Å². The van der Waals surface area contributed by atoms with Crippen molar-refractivity contribution in [2.45, 2.75) is 39.5 Å². The molecule has 0 aliphatic rings. The van der Waals surface area contributed by atoms with Crippen molar-refractivity contribution in [3.05, 3.63) is 22.7 Å². The van der Waals surface area contributed by atoms with Crippen LogP contribution in [0.5, 0.6) is 0 Å². The zero-order chi connectivity index (χ0) is 13.5. The van der Waals surface area contributed by atoms with E-state index in [4.69, 9.17) is 5.73 Å². The number of benzene rings is 1. The zero-order valence-electron chi connectivity index (χ0n) is 11.0. The molecular weight excluding hydrogens is 292 g/mol. The molecule has 0 fully saturated rings. The van der Waals surface area contributed by atoms with E-state index in [9.17, 15) is 4.79 Å². The van der Waals surface area contributed by atoms with Gasteiger partial charge in [0.05, 0.1) is 0 Å². The molecule has 100 valence electrons. The summed E-state index contributed by atoms with van der Waals surface area (Å²) in [5, 5.41) is 2.96. The minimum Gasteiger partial charge on any atom is -0.398 e. The maximum Gasteiger partial charge on any atom is 0.227 e. The second kappa shape index (κ2) is 7.41. The van der Waals surface area contributed by atoms with Gasteiger partial charge < -0.3 is 11.1 Å². The summed E-state index contributed by atoms with van der Waals surface area (Å²) in [6, 6.07) is 5.45. The molecule has 3 N–H and O–H groups in total. The van der Waals surface area contributed by atoms with Crippen LogP contribution >= 0.6 is 15.9 Å². The standard InChI is InChI=1S/C14H21BrN2O/c1-3-5-10(6-4-2)14(18)17-11-7-8-13(16)12(15)9-11/h7-10H,3-6,16H2,1-2H3,(H,17,18). The van der Waals surface area contributed by atoms with Gasteiger partial charge in [-0.1, -0.05) is 26.7 Å². The van der Waals surface area contributed by atoms with Crippen LogP contribution in [-0.4, -0.2) is 5.91 Å². The quantitative estimate of drug-likeness (QED) is 0.774. The van der Waals surface area contributed by atoms with Crippen LogP contribution < -0.4 is 11.1 Å². The first-order valence-electron chi connectivity index (χ1n) is 6.44. The van der Waals surface area contributed by atoms with Crippen LogP contribution in [0.25, 0.3) is 0 Å². The smallest absolute Gasteiger partial charge is 0.227 e. The van der Waals surface area contributed by atoms with Gasteiger partial charge in [0, 0.05) is 21.8 Å². The number of anilines is 2. The highest BCUT2D eigenvalue weighted by molar-refractivity contribution is 9.10. The van der Waals surface area contributed by atoms with Crippen molar-refractivity contribution in [3.8, 4) is 0 Å². The minimum atomic E-state index is 0.107. The van der Waals surface area contributed by atoms with Crippen molar-refractivity contribution in [1.29, 1.82) is 0 Å². The van der Waals surface area contributed by atoms with Crippen molar-refractivity contribution >= 4 is 33.2 Å². The molecule has 0 bridgehead atoms. The molecule has 0 heterocycles. The average Bonchev–Trinajstić information content (AvgIpc) is 2.33. The van der Waals surface area contributed by atoms with E-state index >= 15 is 0 Å². The lowest BCUT2D eigenvalue weighted by molar-refractivity contribution is -0.120. The highest BCUT2D eigenvalue weighted by Gasteiger charge is 2.16. The van der Waals surface area contributed by atoms with Gasteiger partial charge >= 0.3 is 0 Å². The third-order valence-electron chi connectivity index (χ3n) is 2.91. The van der Waals surface area contributed by atoms with Gasteiger partial charge in [-0.15, -0.1) is 0 Å². The van der Waals surface area contributed by atoms with E-state index in [0.29, 0.717) is 5.69 Å². The van der Waals surface area contributed by atoms with Gasteiger partial charge in [0.1, 0.15) is 0 Å². The van der Waals surface area contributed by atoms with Crippen molar-refractivity contribution in [3.63, 3.8) is 0 Å². The summed E-state index contributed by atoms with van der Waals surface area (Å²) in [6.07, 6.45) is 3.94. The Hall–Kier alpha value is -1.03. The predicted molar refractivity (Wildman–Crippen MR) is 80.5 cm³/mol. The first-order chi connectivity index (χ1) is 8.58. The van der Waals surface area contributed by atoms with E-state index in [2.05, 4.69) is 35.1 Å². The van der Waals surface area contributed by atoms with E-state index in [1.807, 2.05) is 12.1 Å². The third-order valence-corrected chi connectivity index (χ3v) is 3.60. The van der Waals surface area contributed by atoms with Crippen LogP contribution in [0.4, 0.5) is 11.4 Å². The fourth-order valence-electron chi connectivity index (χ4n) is 1.95. The summed E-state index contributed by atoms with van der Waals surface area (Å²) in [5.74, 6) is 0.215. The van der Waals surface area contributed by atoms with E-state index in [-0.39, 0.29) is 11.8 Å². The summed E-state index contributed by atoms with van der Waals surface area (Å²) < 4.78 is 0.808. The van der Waals surface area contributed by atoms with Gasteiger partial charge in [0.15, 0.2) is 0 Å². The Bertz CT molecular complexity index is 401. The molecular formula is C14H21BrN2O. The van der Waals surface area contributed by atoms with Gasteiger partial charge in [0.2, 0.25) is 5.91 Å². The largest absolute Gasteiger partial charge is 0.398 e. The molecule has 0 aliphatic heterocycles. The Morgan fingerprint density at radius 1 is 1.33 bits per heavy atom. The Kier molecular flexibility index (Phi) is 6.19. The van der Waals surface area contributed by atoms with E-state index in [1.165, 1.54) is 0 Å². The Labute approximate surface area is 117 Å². The Morgan fingerprint density at radius 2 is 1.94 bits per heavy atom. The van der Waals surface area contributed by atoms with Crippen molar-refractivity contribution in [2.75, 3.05) is 11.1 Å². The van der Waals surface area contributed by atoms with Crippen molar-refractivity contribution in [1.82, 2.24) is 0 Å². The predicted octanol–water partition coefficient (Wildman–Crippen LogP) is 4.19. The molecule has 1 aromatic rings. The monoisotopic (exact) mass is 312 g/mol. The molecule has 0 aliphatic carbocycles. The first-order valence-corrected chi connectivity index (χ1v) is 7.23. The number of hydrogen-bond acceptors (Lipinski definition) is 2. The van der Waals surface area contributed by atoms with E-state index in [1.54, 1.807) is 6.07 Å². The molecule has 0 saturated carbocycles. The summed E-state index contributed by atoms with van der Waals surface area (Å²) in [6.45, 7) is 4.21. The van der Waals surface area contributed by atoms with Crippen LogP contribution in [0.3, 0.4) is 0 Å². The van der Waals surface area contributed by atoms with Crippen molar-refractivity contribution in [2.24, 2.45) is 5.92 Å². The Balaban J connectivity index is 2.69. The van der Waals surface area contributed by atoms with Gasteiger partial charge in [-0.05, 0) is 47.0 Å². The SMILES string of the molecule is CCCC(CCC)C(=O)Nc1ccc(N)c(Br)c1. The molecule has 4 heteroatoms. The van der Waals surface area contributed by atoms with Gasteiger partial charge in [-0.3, -0.25) is 4.79 Å². The summed E-state index contributed by atoms with van der Waals surface area (Å²) in [4.78, 5) is 12.1. The molecule has 0 saturated heterocycles. The first kappa shape index (κ1) is 15.0. The number of amides is 1. The highest BCUT2D eigenvalue weighted by Crippen LogP contribution is 2.24. The van der Waals surface area contributed by atoms with Crippen LogP contribution in [0.1, 0.15) is 39.5 Å². The lowest BCUT2D eigenvalue weighted by atomic mass is 9.97. The van der Waals surface area contributed by atoms with Gasteiger partial charge in [-0.2, -0.15) is 0 Å². The molecule has 0 spiro atoms. The fourth-order valence-corrected chi connectivity index (χ4v) is 2.33. The number of nitrogen functional groups attached to an aromatic ring is 1. The van der Waals surface area contributed by atoms with E-state index < -0.39 is 0 Å². The fraction of sp³-hybridized carbons (Fsp3) is 0.500. The molecule has 3 nitrogen and oxygen atoms in total. The molecule has 1 amide bonds. The number of carbonyl (C=O) groups is 1. The van der Waals surface area contributed by atoms with Gasteiger partial charge in [-0.25, -0.2) is 0 Å². The van der Waals surface area contributed by atoms with Gasteiger partial charge in [0.25, 0.3) is 0 Å². The van der Waals surface area contributed by atoms with Crippen LogP contribution in [0.15, 0.2) is 22.7 Å². The lowest BCUT2D eigenvalue weighted by Gasteiger charge is -2.15. The van der Waals surface area contributed by atoms with Crippen LogP contribution in [0.2, 0.25) is 0 Å². The molecule has 1 rings (SSSR count). The second-order valence-corrected chi connectivity index (χ2v) is 5.35. The number of carbonyl (C=O) groups excluding carboxylic acids is 1. The number of hydrogen-bond donors (Lipinski definition) is 2. The molecule has 0 unspecified atom stereocenters. The molecule has 0 aromatic heterocycles. The highest BCUT2D eigenvalue weighted by atomic mass is 79.9. The second-order valence-electron chi connectivity index (χ2n) is 4.50. The van der Waals surface area contributed by atoms with Crippen molar-refractivity contribution < 1.29 is 4.79 Å². The number of nitrogens with two attached hydrogens (primary N) is 1. The molecule has 0 atom stereocenters. The molecule has 1 aromatic carbocycles. The number of rotatable bonds is 6. The topological polar surface area (TPSA) is 55.1 Å². The molecule has 18 heavy (non-hydrogen) atoms.